The maximum atomic E-state index is 13.3. The molecule has 5 nitrogen and oxygen atoms in total. The van der Waals surface area contributed by atoms with Gasteiger partial charge in [-0.15, -0.1) is 0 Å². The SMILES string of the molecule is COCC(O)CNC(=O)Nc1cc(Br)ccc1F. The van der Waals surface area contributed by atoms with E-state index in [1.54, 1.807) is 0 Å². The molecule has 1 rings (SSSR count). The van der Waals surface area contributed by atoms with Crippen molar-refractivity contribution < 1.29 is 19.0 Å². The molecule has 0 spiro atoms. The Morgan fingerprint density at radius 1 is 1.61 bits per heavy atom. The van der Waals surface area contributed by atoms with E-state index in [1.807, 2.05) is 0 Å². The van der Waals surface area contributed by atoms with Gasteiger partial charge in [-0.05, 0) is 18.2 Å². The quantitative estimate of drug-likeness (QED) is 0.773. The van der Waals surface area contributed by atoms with E-state index in [-0.39, 0.29) is 18.8 Å². The lowest BCUT2D eigenvalue weighted by Gasteiger charge is -2.12. The highest BCUT2D eigenvalue weighted by Gasteiger charge is 2.09. The Bertz CT molecular complexity index is 417. The minimum absolute atomic E-state index is 0.0231. The number of hydrogen-bond donors (Lipinski definition) is 3. The predicted octanol–water partition coefficient (Wildman–Crippen LogP) is 1.72. The van der Waals surface area contributed by atoms with Crippen LogP contribution in [-0.4, -0.2) is 37.5 Å². The number of anilines is 1. The number of ether oxygens (including phenoxy) is 1. The number of urea groups is 1. The molecule has 1 aromatic rings. The molecule has 7 heteroatoms. The third-order valence-electron chi connectivity index (χ3n) is 2.03. The molecule has 0 aliphatic heterocycles. The van der Waals surface area contributed by atoms with Crippen LogP contribution in [0, 0.1) is 5.82 Å². The van der Waals surface area contributed by atoms with E-state index < -0.39 is 18.0 Å². The van der Waals surface area contributed by atoms with E-state index in [4.69, 9.17) is 4.74 Å². The third kappa shape index (κ3) is 4.99. The molecular weight excluding hydrogens is 307 g/mol. The molecule has 0 bridgehead atoms. The van der Waals surface area contributed by atoms with Crippen LogP contribution < -0.4 is 10.6 Å². The summed E-state index contributed by atoms with van der Waals surface area (Å²) in [5.74, 6) is -0.536. The molecule has 0 saturated carbocycles. The Morgan fingerprint density at radius 3 is 3.00 bits per heavy atom. The maximum absolute atomic E-state index is 13.3. The van der Waals surface area contributed by atoms with Gasteiger partial charge in [0.15, 0.2) is 0 Å². The van der Waals surface area contributed by atoms with Gasteiger partial charge in [-0.2, -0.15) is 0 Å². The smallest absolute Gasteiger partial charge is 0.319 e. The highest BCUT2D eigenvalue weighted by molar-refractivity contribution is 9.10. The van der Waals surface area contributed by atoms with E-state index >= 15 is 0 Å². The summed E-state index contributed by atoms with van der Waals surface area (Å²) in [5.41, 5.74) is 0.0584. The van der Waals surface area contributed by atoms with Crippen molar-refractivity contribution in [2.45, 2.75) is 6.10 Å². The van der Waals surface area contributed by atoms with Crippen molar-refractivity contribution in [3.05, 3.63) is 28.5 Å². The lowest BCUT2D eigenvalue weighted by atomic mass is 10.3. The molecule has 0 radical (unpaired) electrons. The van der Waals surface area contributed by atoms with Gasteiger partial charge in [-0.25, -0.2) is 9.18 Å². The first-order chi connectivity index (χ1) is 8.52. The Kier molecular flexibility index (Phi) is 6.03. The first kappa shape index (κ1) is 14.9. The van der Waals surface area contributed by atoms with Gasteiger partial charge in [0.2, 0.25) is 0 Å². The van der Waals surface area contributed by atoms with Gasteiger partial charge in [0, 0.05) is 18.1 Å². The second kappa shape index (κ2) is 7.30. The van der Waals surface area contributed by atoms with E-state index in [0.29, 0.717) is 4.47 Å². The Labute approximate surface area is 112 Å². The zero-order chi connectivity index (χ0) is 13.5. The van der Waals surface area contributed by atoms with Gasteiger partial charge in [0.05, 0.1) is 18.4 Å². The van der Waals surface area contributed by atoms with Crippen molar-refractivity contribution in [1.29, 1.82) is 0 Å². The lowest BCUT2D eigenvalue weighted by molar-refractivity contribution is 0.0663. The van der Waals surface area contributed by atoms with Crippen LogP contribution in [0.15, 0.2) is 22.7 Å². The van der Waals surface area contributed by atoms with Gasteiger partial charge in [0.1, 0.15) is 5.82 Å². The van der Waals surface area contributed by atoms with Crippen molar-refractivity contribution in [2.75, 3.05) is 25.6 Å². The van der Waals surface area contributed by atoms with Crippen LogP contribution in [0.1, 0.15) is 0 Å². The first-order valence-electron chi connectivity index (χ1n) is 5.20. The number of aliphatic hydroxyl groups excluding tert-OH is 1. The largest absolute Gasteiger partial charge is 0.389 e. The van der Waals surface area contributed by atoms with E-state index in [2.05, 4.69) is 26.6 Å². The minimum Gasteiger partial charge on any atom is -0.389 e. The average Bonchev–Trinajstić information content (AvgIpc) is 2.32. The van der Waals surface area contributed by atoms with Crippen molar-refractivity contribution >= 4 is 27.6 Å². The molecule has 1 unspecified atom stereocenters. The van der Waals surface area contributed by atoms with Crippen molar-refractivity contribution in [3.8, 4) is 0 Å². The van der Waals surface area contributed by atoms with Gasteiger partial charge in [0.25, 0.3) is 0 Å². The highest BCUT2D eigenvalue weighted by Crippen LogP contribution is 2.19. The Balaban J connectivity index is 2.47. The molecule has 100 valence electrons. The summed E-state index contributed by atoms with van der Waals surface area (Å²) in [6.07, 6.45) is -0.798. The van der Waals surface area contributed by atoms with Crippen molar-refractivity contribution in [1.82, 2.24) is 5.32 Å². The minimum atomic E-state index is -0.798. The molecule has 0 aliphatic carbocycles. The van der Waals surface area contributed by atoms with E-state index in [0.717, 1.165) is 0 Å². The van der Waals surface area contributed by atoms with Gasteiger partial charge < -0.3 is 20.5 Å². The summed E-state index contributed by atoms with van der Waals surface area (Å²) in [6, 6.07) is 3.61. The molecule has 2 amide bonds. The number of amides is 2. The van der Waals surface area contributed by atoms with Gasteiger partial charge >= 0.3 is 6.03 Å². The molecule has 0 heterocycles. The Hall–Kier alpha value is -1.18. The number of nitrogens with one attached hydrogen (secondary N) is 2. The fourth-order valence-electron chi connectivity index (χ4n) is 1.22. The van der Waals surface area contributed by atoms with Crippen LogP contribution in [0.4, 0.5) is 14.9 Å². The summed E-state index contributed by atoms with van der Waals surface area (Å²) in [6.45, 7) is 0.140. The molecule has 0 aromatic heterocycles. The standard InChI is InChI=1S/C11H14BrFN2O3/c1-18-6-8(16)5-14-11(17)15-10-4-7(12)2-3-9(10)13/h2-4,8,16H,5-6H2,1H3,(H2,14,15,17). The molecule has 0 fully saturated rings. The number of carbonyl (C=O) groups is 1. The van der Waals surface area contributed by atoms with Crippen LogP contribution in [0.3, 0.4) is 0 Å². The summed E-state index contributed by atoms with van der Waals surface area (Å²) < 4.78 is 18.7. The monoisotopic (exact) mass is 320 g/mol. The van der Waals surface area contributed by atoms with Crippen LogP contribution >= 0.6 is 15.9 Å². The number of benzene rings is 1. The zero-order valence-electron chi connectivity index (χ0n) is 9.74. The molecule has 1 atom stereocenters. The number of carbonyl (C=O) groups excluding carboxylic acids is 1. The third-order valence-corrected chi connectivity index (χ3v) is 2.53. The second-order valence-electron chi connectivity index (χ2n) is 3.57. The molecule has 0 aliphatic rings. The fourth-order valence-corrected chi connectivity index (χ4v) is 1.58. The number of halogens is 2. The molecular formula is C11H14BrFN2O3. The number of rotatable bonds is 5. The van der Waals surface area contributed by atoms with Crippen LogP contribution in [-0.2, 0) is 4.74 Å². The summed E-state index contributed by atoms with van der Waals surface area (Å²) in [5, 5.41) is 14.1. The summed E-state index contributed by atoms with van der Waals surface area (Å²) in [4.78, 5) is 11.4. The normalized spacial score (nSPS) is 12.0. The lowest BCUT2D eigenvalue weighted by Crippen LogP contribution is -2.37. The predicted molar refractivity (Wildman–Crippen MR) is 69.0 cm³/mol. The van der Waals surface area contributed by atoms with Crippen LogP contribution in [0.2, 0.25) is 0 Å². The molecule has 1 aromatic carbocycles. The highest BCUT2D eigenvalue weighted by atomic mass is 79.9. The topological polar surface area (TPSA) is 70.6 Å². The van der Waals surface area contributed by atoms with Gasteiger partial charge in [-0.3, -0.25) is 0 Å². The zero-order valence-corrected chi connectivity index (χ0v) is 11.3. The van der Waals surface area contributed by atoms with Crippen molar-refractivity contribution in [3.63, 3.8) is 0 Å². The summed E-state index contributed by atoms with van der Waals surface area (Å²) in [7, 11) is 1.44. The summed E-state index contributed by atoms with van der Waals surface area (Å²) >= 11 is 3.17. The Morgan fingerprint density at radius 2 is 2.33 bits per heavy atom. The van der Waals surface area contributed by atoms with Gasteiger partial charge in [-0.1, -0.05) is 15.9 Å². The molecule has 3 N–H and O–H groups in total. The number of aliphatic hydroxyl groups is 1. The fraction of sp³-hybridized carbons (Fsp3) is 0.364. The molecule has 18 heavy (non-hydrogen) atoms. The number of hydrogen-bond acceptors (Lipinski definition) is 3. The molecule has 0 saturated heterocycles. The first-order valence-corrected chi connectivity index (χ1v) is 5.99. The van der Waals surface area contributed by atoms with E-state index in [9.17, 15) is 14.3 Å². The van der Waals surface area contributed by atoms with Crippen LogP contribution in [0.5, 0.6) is 0 Å². The van der Waals surface area contributed by atoms with E-state index in [1.165, 1.54) is 25.3 Å². The van der Waals surface area contributed by atoms with Crippen LogP contribution in [0.25, 0.3) is 0 Å². The van der Waals surface area contributed by atoms with Crippen molar-refractivity contribution in [2.24, 2.45) is 0 Å². The average molecular weight is 321 g/mol. The maximum Gasteiger partial charge on any atom is 0.319 e. The second-order valence-corrected chi connectivity index (χ2v) is 4.48. The number of methoxy groups -OCH3 is 1.